The Morgan fingerprint density at radius 1 is 0.392 bits per heavy atom. The second kappa shape index (κ2) is 37.3. The van der Waals surface area contributed by atoms with Crippen LogP contribution in [0.1, 0.15) is 323 Å². The van der Waals surface area contributed by atoms with Gasteiger partial charge < -0.3 is 44.9 Å². The van der Waals surface area contributed by atoms with Crippen LogP contribution in [0.25, 0.3) is 76.3 Å². The van der Waals surface area contributed by atoms with E-state index in [4.69, 9.17) is 15.3 Å². The molecule has 1 fully saturated rings. The number of aromatic amines is 7. The third-order valence-corrected chi connectivity index (χ3v) is 23.2. The number of aryl methyl sites for hydroxylation is 1. The molecule has 0 unspecified atom stereocenters. The highest BCUT2D eigenvalue weighted by molar-refractivity contribution is 5.90. The van der Waals surface area contributed by atoms with Gasteiger partial charge in [-0.3, -0.25) is 0 Å². The Hall–Kier alpha value is -10.4. The molecule has 1 saturated carbocycles. The number of rotatable bonds is 7. The van der Waals surface area contributed by atoms with Crippen molar-refractivity contribution in [3.63, 3.8) is 0 Å². The number of nitrogens with one attached hydrogen (secondary N) is 8. The molecule has 1 aliphatic rings. The number of aromatic nitrogens is 7. The maximum absolute atomic E-state index is 11.7. The molecule has 7 aromatic heterocycles. The van der Waals surface area contributed by atoms with Crippen molar-refractivity contribution in [2.45, 2.75) is 313 Å². The van der Waals surface area contributed by atoms with E-state index in [-0.39, 0.29) is 49.4 Å². The van der Waals surface area contributed by atoms with E-state index in [2.05, 4.69) is 385 Å². The Kier molecular flexibility index (Phi) is 29.0. The molecule has 638 valence electrons. The summed E-state index contributed by atoms with van der Waals surface area (Å²) in [5.41, 5.74) is 27.7. The number of nitriles is 2. The van der Waals surface area contributed by atoms with Crippen molar-refractivity contribution in [1.29, 1.82) is 10.5 Å². The predicted molar refractivity (Wildman–Crippen MR) is 514 cm³/mol. The van der Waals surface area contributed by atoms with Gasteiger partial charge in [-0.25, -0.2) is 4.79 Å². The second-order valence-corrected chi connectivity index (χ2v) is 42.8. The lowest BCUT2D eigenvalue weighted by molar-refractivity contribution is 0.0528. The van der Waals surface area contributed by atoms with Crippen molar-refractivity contribution in [2.75, 3.05) is 6.54 Å². The topological polar surface area (TPSA) is 196 Å². The normalized spacial score (nSPS) is 13.1. The van der Waals surface area contributed by atoms with Gasteiger partial charge in [0.2, 0.25) is 0 Å². The van der Waals surface area contributed by atoms with Gasteiger partial charge in [-0.2, -0.15) is 10.5 Å². The summed E-state index contributed by atoms with van der Waals surface area (Å²) in [4.78, 5) is 35.0. The molecule has 12 heteroatoms. The van der Waals surface area contributed by atoms with E-state index in [0.717, 1.165) is 51.6 Å². The maximum atomic E-state index is 11.7. The standard InChI is InChI=1S/C19H28N2O2.C17H23N.C16H23N.C15H21N.C14H16N2.C14H19N.C13H14N2/c1-18(2,3)14-7-8-15-13(12-21-16(15)11-14)9-10-20-17(22)23-19(4,5)6;1-17(2,3)13-8-9-14-15(11-18-16(14)10-13)12-6-4-5-7-12;1-15(2,3)11-7-8-12-13(16(4,5)6)10-17-14(12)9-11;1-10(2)13-9-16-14-8-11(15(3,4)5)6-7-12(13)14;1-14(2,3)11-4-5-12-10(6-7-15)9-16-13(12)8-11;1-5-10-9-15-13-8-11(14(2,3)4)6-7-12(10)13;1-13(2,3)10-4-5-11-9(7-14)8-15-12(11)6-10/h7-8,11-12,21H,9-10H2,1-6H3,(H,20,22);8-12,18H,4-7H2,1-3H3;7-10,17H,1-6H3;6-10,16H,1-5H3;4-5,8-9,16H,6H2,1-3H3;6-9,15H,5H2,1-4H3;4-6,8,15H,1-3H3. The van der Waals surface area contributed by atoms with E-state index < -0.39 is 5.60 Å². The molecule has 0 atom stereocenters. The molecule has 1 aliphatic carbocycles. The Morgan fingerprint density at radius 2 is 0.717 bits per heavy atom. The van der Waals surface area contributed by atoms with Crippen LogP contribution < -0.4 is 5.32 Å². The number of carbonyl (C=O) groups excluding carboxylic acids is 1. The average molecular weight is 1610 g/mol. The monoisotopic (exact) mass is 1610 g/mol. The first-order valence-corrected chi connectivity index (χ1v) is 43.8. The lowest BCUT2D eigenvalue weighted by atomic mass is 9.84. The second-order valence-electron chi connectivity index (χ2n) is 42.8. The summed E-state index contributed by atoms with van der Waals surface area (Å²) >= 11 is 0. The molecule has 1 amide bonds. The van der Waals surface area contributed by atoms with Crippen LogP contribution in [0.3, 0.4) is 0 Å². The molecule has 8 N–H and O–H groups in total. The number of hydrogen-bond acceptors (Lipinski definition) is 4. The highest BCUT2D eigenvalue weighted by Gasteiger charge is 2.26. The van der Waals surface area contributed by atoms with Gasteiger partial charge in [0.1, 0.15) is 11.7 Å². The van der Waals surface area contributed by atoms with Gasteiger partial charge in [-0.15, -0.1) is 0 Å². The van der Waals surface area contributed by atoms with Gasteiger partial charge in [0.15, 0.2) is 0 Å². The fourth-order valence-electron chi connectivity index (χ4n) is 15.5. The van der Waals surface area contributed by atoms with Crippen molar-refractivity contribution in [1.82, 2.24) is 40.2 Å². The molecule has 14 aromatic rings. The van der Waals surface area contributed by atoms with Gasteiger partial charge in [0.05, 0.1) is 18.1 Å². The van der Waals surface area contributed by atoms with Crippen LogP contribution in [0.15, 0.2) is 171 Å². The molecule has 15 rings (SSSR count). The lowest BCUT2D eigenvalue weighted by Gasteiger charge is -2.20. The van der Waals surface area contributed by atoms with Gasteiger partial charge in [-0.05, 0) is 216 Å². The summed E-state index contributed by atoms with van der Waals surface area (Å²) in [5.74, 6) is 1.37. The minimum Gasteiger partial charge on any atom is -0.444 e. The largest absolute Gasteiger partial charge is 0.444 e. The number of fused-ring (bicyclic) bond motifs is 7. The van der Waals surface area contributed by atoms with Crippen molar-refractivity contribution >= 4 is 82.4 Å². The van der Waals surface area contributed by atoms with Gasteiger partial charge in [0.25, 0.3) is 0 Å². The number of nitrogens with zero attached hydrogens (tertiary/aromatic N) is 2. The van der Waals surface area contributed by atoms with E-state index >= 15 is 0 Å². The summed E-state index contributed by atoms with van der Waals surface area (Å²) < 4.78 is 5.24. The van der Waals surface area contributed by atoms with E-state index in [0.29, 0.717) is 24.4 Å². The first kappa shape index (κ1) is 93.4. The van der Waals surface area contributed by atoms with Crippen molar-refractivity contribution in [2.24, 2.45) is 0 Å². The van der Waals surface area contributed by atoms with Crippen LogP contribution in [0.5, 0.6) is 0 Å². The fraction of sp³-hybridized carbons (Fsp3) is 0.454. The van der Waals surface area contributed by atoms with Crippen LogP contribution in [0, 0.1) is 22.7 Å². The summed E-state index contributed by atoms with van der Waals surface area (Å²) in [5, 5.41) is 29.3. The first-order chi connectivity index (χ1) is 55.8. The highest BCUT2D eigenvalue weighted by Crippen LogP contribution is 2.41. The molecule has 0 aliphatic heterocycles. The summed E-state index contributed by atoms with van der Waals surface area (Å²) in [7, 11) is 0. The van der Waals surface area contributed by atoms with Crippen LogP contribution >= 0.6 is 0 Å². The molecule has 120 heavy (non-hydrogen) atoms. The highest BCUT2D eigenvalue weighted by atomic mass is 16.6. The van der Waals surface area contributed by atoms with Crippen LogP contribution in [-0.4, -0.2) is 53.1 Å². The smallest absolute Gasteiger partial charge is 0.407 e. The van der Waals surface area contributed by atoms with Crippen LogP contribution in [-0.2, 0) is 67.3 Å². The number of amides is 1. The summed E-state index contributed by atoms with van der Waals surface area (Å²) in [6.45, 7) is 66.4. The number of ether oxygens (including phenoxy) is 1. The SMILES string of the molecule is CC(C)(C)OC(=O)NCCc1c[nH]c2cc(C(C)(C)C)ccc12.CC(C)(C)c1ccc2c(C#N)c[nH]c2c1.CC(C)(C)c1ccc2c(C(C)(C)C)c[nH]c2c1.CC(C)(C)c1ccc2c(C3CCCC3)c[nH]c2c1.CC(C)(C)c1ccc2c(CC#N)c[nH]c2c1.CC(C)c1c[nH]c2cc(C(C)(C)C)ccc12.CCc1c[nH]c2cc(C(C)(C)C)ccc12. The number of alkyl carbamates (subject to hydrolysis) is 1. The molecule has 0 saturated heterocycles. The van der Waals surface area contributed by atoms with Crippen LogP contribution in [0.4, 0.5) is 4.79 Å². The first-order valence-electron chi connectivity index (χ1n) is 43.8. The Labute approximate surface area is 719 Å². The van der Waals surface area contributed by atoms with Crippen molar-refractivity contribution in [3.05, 3.63) is 249 Å². The molecule has 0 bridgehead atoms. The van der Waals surface area contributed by atoms with Crippen molar-refractivity contribution < 1.29 is 9.53 Å². The Morgan fingerprint density at radius 3 is 1.12 bits per heavy atom. The van der Waals surface area contributed by atoms with Gasteiger partial charge in [-0.1, -0.05) is 285 Å². The predicted octanol–water partition coefficient (Wildman–Crippen LogP) is 29.9. The molecule has 7 aromatic carbocycles. The zero-order valence-corrected chi connectivity index (χ0v) is 78.7. The molecule has 12 nitrogen and oxygen atoms in total. The van der Waals surface area contributed by atoms with Gasteiger partial charge >= 0.3 is 6.09 Å². The minimum atomic E-state index is -0.464. The van der Waals surface area contributed by atoms with E-state index in [9.17, 15) is 4.79 Å². The molecule has 7 heterocycles. The third-order valence-electron chi connectivity index (χ3n) is 23.2. The zero-order valence-electron chi connectivity index (χ0n) is 78.7. The maximum Gasteiger partial charge on any atom is 0.407 e. The number of H-pyrrole nitrogens is 7. The molecular formula is C108H144N10O2. The lowest BCUT2D eigenvalue weighted by Crippen LogP contribution is -2.33. The molecule has 0 spiro atoms. The van der Waals surface area contributed by atoms with E-state index in [1.807, 2.05) is 39.2 Å². The van der Waals surface area contributed by atoms with Crippen LogP contribution in [0.2, 0.25) is 0 Å². The number of carbonyl (C=O) groups is 1. The third kappa shape index (κ3) is 24.2. The minimum absolute atomic E-state index is 0.137. The summed E-state index contributed by atoms with van der Waals surface area (Å²) in [6, 6.07) is 50.9. The zero-order chi connectivity index (χ0) is 88.6. The average Bonchev–Trinajstić information content (AvgIpc) is 1.64. The Balaban J connectivity index is 0.000000160. The van der Waals surface area contributed by atoms with Crippen molar-refractivity contribution in [3.8, 4) is 12.1 Å². The van der Waals surface area contributed by atoms with Gasteiger partial charge in [0, 0.05) is 126 Å². The number of hydrogen-bond donors (Lipinski definition) is 8. The summed E-state index contributed by atoms with van der Waals surface area (Å²) in [6.07, 6.45) is 21.9. The Bertz CT molecular complexity index is 5850. The quantitative estimate of drug-likeness (QED) is 0.0787. The molecular weight excluding hydrogens is 1470 g/mol. The fourth-order valence-corrected chi connectivity index (χ4v) is 15.5. The number of benzene rings is 7. The van der Waals surface area contributed by atoms with E-state index in [1.54, 1.807) is 11.8 Å². The molecule has 0 radical (unpaired) electrons. The van der Waals surface area contributed by atoms with E-state index in [1.165, 1.54) is 136 Å².